The van der Waals surface area contributed by atoms with Crippen LogP contribution in [0.5, 0.6) is 5.75 Å². The Labute approximate surface area is 99.4 Å². The molecular formula is C13H13N3O. The average Bonchev–Trinajstić information content (AvgIpc) is 3.15. The summed E-state index contributed by atoms with van der Waals surface area (Å²) in [6, 6.07) is 10.3. The van der Waals surface area contributed by atoms with E-state index >= 15 is 0 Å². The molecule has 0 aliphatic heterocycles. The molecule has 1 aliphatic carbocycles. The molecule has 0 amide bonds. The molecule has 0 bridgehead atoms. The zero-order valence-corrected chi connectivity index (χ0v) is 9.30. The first-order valence-electron chi connectivity index (χ1n) is 5.63. The van der Waals surface area contributed by atoms with E-state index in [1.165, 1.54) is 18.0 Å². The van der Waals surface area contributed by atoms with E-state index in [1.807, 2.05) is 18.2 Å². The third-order valence-corrected chi connectivity index (χ3v) is 3.07. The maximum absolute atomic E-state index is 9.13. The molecule has 1 heterocycles. The Morgan fingerprint density at radius 1 is 1.06 bits per heavy atom. The van der Waals surface area contributed by atoms with Crippen LogP contribution in [-0.2, 0) is 5.54 Å². The Morgan fingerprint density at radius 2 is 1.71 bits per heavy atom. The van der Waals surface area contributed by atoms with E-state index < -0.39 is 0 Å². The molecular weight excluding hydrogens is 214 g/mol. The van der Waals surface area contributed by atoms with Crippen molar-refractivity contribution in [3.63, 3.8) is 0 Å². The number of nitrogens with zero attached hydrogens (tertiary/aromatic N) is 2. The second-order valence-corrected chi connectivity index (χ2v) is 4.34. The highest BCUT2D eigenvalue weighted by atomic mass is 16.3. The Hall–Kier alpha value is -2.10. The van der Waals surface area contributed by atoms with Gasteiger partial charge >= 0.3 is 0 Å². The van der Waals surface area contributed by atoms with E-state index in [0.29, 0.717) is 5.95 Å². The van der Waals surface area contributed by atoms with E-state index in [2.05, 4.69) is 27.4 Å². The normalized spacial score (nSPS) is 16.5. The molecule has 2 N–H and O–H groups in total. The van der Waals surface area contributed by atoms with E-state index in [9.17, 15) is 0 Å². The number of aromatic hydroxyl groups is 1. The SMILES string of the molecule is Oc1cnc(NC2(c3ccccc3)CC2)nc1. The molecule has 86 valence electrons. The lowest BCUT2D eigenvalue weighted by Crippen LogP contribution is -2.20. The van der Waals surface area contributed by atoms with Crippen LogP contribution in [0.25, 0.3) is 0 Å². The highest BCUT2D eigenvalue weighted by Crippen LogP contribution is 2.47. The summed E-state index contributed by atoms with van der Waals surface area (Å²) in [6.45, 7) is 0. The smallest absolute Gasteiger partial charge is 0.223 e. The summed E-state index contributed by atoms with van der Waals surface area (Å²) in [5, 5.41) is 12.5. The van der Waals surface area contributed by atoms with Crippen molar-refractivity contribution in [2.24, 2.45) is 0 Å². The molecule has 4 nitrogen and oxygen atoms in total. The van der Waals surface area contributed by atoms with Gasteiger partial charge in [0.05, 0.1) is 17.9 Å². The van der Waals surface area contributed by atoms with Gasteiger partial charge in [-0.15, -0.1) is 0 Å². The number of benzene rings is 1. The van der Waals surface area contributed by atoms with Crippen LogP contribution in [-0.4, -0.2) is 15.1 Å². The molecule has 0 unspecified atom stereocenters. The molecule has 0 saturated heterocycles. The molecule has 1 fully saturated rings. The van der Waals surface area contributed by atoms with Gasteiger partial charge in [0, 0.05) is 0 Å². The summed E-state index contributed by atoms with van der Waals surface area (Å²) in [4.78, 5) is 8.11. The zero-order chi connectivity index (χ0) is 11.7. The number of aromatic nitrogens is 2. The van der Waals surface area contributed by atoms with Crippen molar-refractivity contribution in [1.82, 2.24) is 9.97 Å². The molecule has 1 aliphatic rings. The second kappa shape index (κ2) is 3.73. The van der Waals surface area contributed by atoms with Gasteiger partial charge in [-0.1, -0.05) is 30.3 Å². The zero-order valence-electron chi connectivity index (χ0n) is 9.30. The predicted molar refractivity (Wildman–Crippen MR) is 64.7 cm³/mol. The number of hydrogen-bond acceptors (Lipinski definition) is 4. The van der Waals surface area contributed by atoms with Crippen LogP contribution >= 0.6 is 0 Å². The molecule has 17 heavy (non-hydrogen) atoms. The van der Waals surface area contributed by atoms with Crippen LogP contribution in [0.2, 0.25) is 0 Å². The summed E-state index contributed by atoms with van der Waals surface area (Å²) in [5.41, 5.74) is 1.25. The largest absolute Gasteiger partial charge is 0.505 e. The molecule has 1 aromatic heterocycles. The van der Waals surface area contributed by atoms with Crippen molar-refractivity contribution >= 4 is 5.95 Å². The summed E-state index contributed by atoms with van der Waals surface area (Å²) in [7, 11) is 0. The maximum Gasteiger partial charge on any atom is 0.223 e. The van der Waals surface area contributed by atoms with Crippen molar-refractivity contribution < 1.29 is 5.11 Å². The Kier molecular flexibility index (Phi) is 2.21. The minimum absolute atomic E-state index is 0.0156. The first kappa shape index (κ1) is 10.1. The quantitative estimate of drug-likeness (QED) is 0.844. The number of anilines is 1. The van der Waals surface area contributed by atoms with E-state index in [0.717, 1.165) is 12.8 Å². The van der Waals surface area contributed by atoms with Crippen molar-refractivity contribution in [3.05, 3.63) is 48.3 Å². The van der Waals surface area contributed by atoms with Gasteiger partial charge in [0.25, 0.3) is 0 Å². The molecule has 2 aromatic rings. The summed E-state index contributed by atoms with van der Waals surface area (Å²) >= 11 is 0. The van der Waals surface area contributed by atoms with E-state index in [1.54, 1.807) is 0 Å². The molecule has 0 radical (unpaired) electrons. The van der Waals surface area contributed by atoms with Gasteiger partial charge in [-0.05, 0) is 18.4 Å². The fourth-order valence-electron chi connectivity index (χ4n) is 1.97. The average molecular weight is 227 g/mol. The second-order valence-electron chi connectivity index (χ2n) is 4.34. The lowest BCUT2D eigenvalue weighted by Gasteiger charge is -2.17. The van der Waals surface area contributed by atoms with Crippen LogP contribution in [0, 0.1) is 0 Å². The minimum Gasteiger partial charge on any atom is -0.505 e. The van der Waals surface area contributed by atoms with Crippen LogP contribution in [0.15, 0.2) is 42.7 Å². The van der Waals surface area contributed by atoms with E-state index in [-0.39, 0.29) is 11.3 Å². The topological polar surface area (TPSA) is 58.0 Å². The molecule has 0 atom stereocenters. The Morgan fingerprint density at radius 3 is 2.29 bits per heavy atom. The molecule has 1 saturated carbocycles. The van der Waals surface area contributed by atoms with Gasteiger partial charge in [-0.2, -0.15) is 0 Å². The van der Waals surface area contributed by atoms with Crippen molar-refractivity contribution in [2.75, 3.05) is 5.32 Å². The predicted octanol–water partition coefficient (Wildman–Crippen LogP) is 2.28. The fraction of sp³-hybridized carbons (Fsp3) is 0.231. The standard InChI is InChI=1S/C13H13N3O/c17-11-8-14-12(15-9-11)16-13(6-7-13)10-4-2-1-3-5-10/h1-5,8-9,17H,6-7H2,(H,14,15,16). The lowest BCUT2D eigenvalue weighted by molar-refractivity contribution is 0.469. The number of hydrogen-bond donors (Lipinski definition) is 2. The molecule has 4 heteroatoms. The summed E-state index contributed by atoms with van der Waals surface area (Å²) in [5.74, 6) is 0.643. The molecule has 3 rings (SSSR count). The first-order valence-corrected chi connectivity index (χ1v) is 5.63. The highest BCUT2D eigenvalue weighted by molar-refractivity contribution is 5.42. The van der Waals surface area contributed by atoms with Gasteiger partial charge in [0.1, 0.15) is 0 Å². The molecule has 0 spiro atoms. The fourth-order valence-corrected chi connectivity index (χ4v) is 1.97. The van der Waals surface area contributed by atoms with Gasteiger partial charge in [0.2, 0.25) is 5.95 Å². The first-order chi connectivity index (χ1) is 8.28. The summed E-state index contributed by atoms with van der Waals surface area (Å²) < 4.78 is 0. The van der Waals surface area contributed by atoms with Crippen molar-refractivity contribution in [2.45, 2.75) is 18.4 Å². The molecule has 1 aromatic carbocycles. The highest BCUT2D eigenvalue weighted by Gasteiger charge is 2.44. The lowest BCUT2D eigenvalue weighted by atomic mass is 10.1. The van der Waals surface area contributed by atoms with Crippen molar-refractivity contribution in [1.29, 1.82) is 0 Å². The van der Waals surface area contributed by atoms with Gasteiger partial charge in [-0.3, -0.25) is 0 Å². The maximum atomic E-state index is 9.13. The number of rotatable bonds is 3. The van der Waals surface area contributed by atoms with Crippen molar-refractivity contribution in [3.8, 4) is 5.75 Å². The summed E-state index contributed by atoms with van der Waals surface area (Å²) in [6.07, 6.45) is 4.97. The van der Waals surface area contributed by atoms with Crippen LogP contribution in [0.3, 0.4) is 0 Å². The van der Waals surface area contributed by atoms with E-state index in [4.69, 9.17) is 5.11 Å². The van der Waals surface area contributed by atoms with Gasteiger partial charge in [0.15, 0.2) is 5.75 Å². The minimum atomic E-state index is -0.0156. The third kappa shape index (κ3) is 1.93. The van der Waals surface area contributed by atoms with Crippen LogP contribution in [0.1, 0.15) is 18.4 Å². The Balaban J connectivity index is 1.83. The monoisotopic (exact) mass is 227 g/mol. The van der Waals surface area contributed by atoms with Crippen LogP contribution in [0.4, 0.5) is 5.95 Å². The third-order valence-electron chi connectivity index (χ3n) is 3.07. The van der Waals surface area contributed by atoms with Crippen LogP contribution < -0.4 is 5.32 Å². The Bertz CT molecular complexity index is 506. The van der Waals surface area contributed by atoms with Gasteiger partial charge in [-0.25, -0.2) is 9.97 Å². The number of nitrogens with one attached hydrogen (secondary N) is 1. The van der Waals surface area contributed by atoms with Gasteiger partial charge < -0.3 is 10.4 Å².